The Balaban J connectivity index is 0.00000256. The Hall–Kier alpha value is -0.570. The lowest BCUT2D eigenvalue weighted by molar-refractivity contribution is 0.0968. The predicted molar refractivity (Wildman–Crippen MR) is 56.7 cm³/mol. The molecular weight excluding hydrogens is 209 g/mol. The van der Waals surface area contributed by atoms with Crippen molar-refractivity contribution in [1.82, 2.24) is 0 Å². The monoisotopic (exact) mass is 223 g/mol. The summed E-state index contributed by atoms with van der Waals surface area (Å²) in [4.78, 5) is 11.6. The fraction of sp³-hybridized carbons (Fsp3) is 0.222. The van der Waals surface area contributed by atoms with Crippen molar-refractivity contribution in [2.75, 3.05) is 0 Å². The normalized spacial score (nSPS) is 15.9. The molecule has 1 unspecified atom stereocenters. The van der Waals surface area contributed by atoms with E-state index in [1.165, 1.54) is 6.92 Å². The van der Waals surface area contributed by atoms with Gasteiger partial charge in [0.15, 0.2) is 5.78 Å². The predicted octanol–water partition coefficient (Wildman–Crippen LogP) is 2.29. The van der Waals surface area contributed by atoms with Crippen molar-refractivity contribution >= 4 is 29.8 Å². The van der Waals surface area contributed by atoms with Crippen molar-refractivity contribution in [3.63, 3.8) is 0 Å². The molecule has 0 amide bonds. The van der Waals surface area contributed by atoms with Crippen LogP contribution in [0.25, 0.3) is 0 Å². The van der Waals surface area contributed by atoms with E-state index in [0.29, 0.717) is 0 Å². The Morgan fingerprint density at radius 1 is 1.62 bits per heavy atom. The van der Waals surface area contributed by atoms with Crippen molar-refractivity contribution < 1.29 is 10.3 Å². The molecule has 4 heteroatoms. The molecule has 1 aromatic carbocycles. The van der Waals surface area contributed by atoms with Crippen LogP contribution in [0.15, 0.2) is 24.2 Å². The number of carbonyl (C=O) groups is 1. The van der Waals surface area contributed by atoms with Crippen LogP contribution in [0.5, 0.6) is 0 Å². The largest absolute Gasteiger partial charge is 0.321 e. The summed E-state index contributed by atoms with van der Waals surface area (Å²) < 4.78 is 29.7. The topological polar surface area (TPSA) is 43.1 Å². The number of benzene rings is 1. The van der Waals surface area contributed by atoms with Gasteiger partial charge in [-0.1, -0.05) is 23.7 Å². The van der Waals surface area contributed by atoms with Crippen LogP contribution in [-0.2, 0) is 0 Å². The number of halogens is 2. The zero-order valence-electron chi connectivity index (χ0n) is 10.8. The molecule has 0 saturated carbocycles. The highest BCUT2D eigenvalue weighted by Crippen LogP contribution is 2.15. The van der Waals surface area contributed by atoms with Gasteiger partial charge in [-0.15, -0.1) is 12.4 Å². The van der Waals surface area contributed by atoms with Crippen molar-refractivity contribution in [3.05, 3.63) is 34.8 Å². The first-order valence-electron chi connectivity index (χ1n) is 5.34. The van der Waals surface area contributed by atoms with Gasteiger partial charge in [0, 0.05) is 5.56 Å². The van der Waals surface area contributed by atoms with Crippen LogP contribution in [0.2, 0.25) is 5.02 Å². The third-order valence-corrected chi connectivity index (χ3v) is 1.59. The Morgan fingerprint density at radius 3 is 2.69 bits per heavy atom. The van der Waals surface area contributed by atoms with Crippen molar-refractivity contribution in [3.8, 4) is 0 Å². The number of hydrogen-bond donors (Lipinski definition) is 1. The summed E-state index contributed by atoms with van der Waals surface area (Å²) in [6.45, 7) is 1.43. The quantitative estimate of drug-likeness (QED) is 0.783. The Morgan fingerprint density at radius 2 is 2.15 bits per heavy atom. The number of ketones is 1. The highest BCUT2D eigenvalue weighted by molar-refractivity contribution is 6.34. The van der Waals surface area contributed by atoms with E-state index in [-0.39, 0.29) is 23.0 Å². The van der Waals surface area contributed by atoms with Crippen LogP contribution in [0, 0.1) is 0 Å². The zero-order valence-corrected chi connectivity index (χ0v) is 8.42. The number of rotatable bonds is 2. The maximum atomic E-state index is 11.6. The summed E-state index contributed by atoms with van der Waals surface area (Å²) >= 11 is 5.73. The summed E-state index contributed by atoms with van der Waals surface area (Å²) in [7, 11) is 0. The van der Waals surface area contributed by atoms with Crippen LogP contribution < -0.4 is 5.73 Å². The van der Waals surface area contributed by atoms with Crippen LogP contribution in [0.1, 0.15) is 22.8 Å². The minimum Gasteiger partial charge on any atom is -0.321 e. The van der Waals surface area contributed by atoms with Gasteiger partial charge < -0.3 is 5.73 Å². The number of carbonyl (C=O) groups excluding carboxylic acids is 1. The second kappa shape index (κ2) is 5.22. The molecule has 72 valence electrons. The lowest BCUT2D eigenvalue weighted by Gasteiger charge is -2.05. The molecule has 0 saturated heterocycles. The molecule has 2 N–H and O–H groups in total. The smallest absolute Gasteiger partial charge is 0.180 e. The second-order valence-corrected chi connectivity index (χ2v) is 2.72. The lowest BCUT2D eigenvalue weighted by atomic mass is 10.1. The van der Waals surface area contributed by atoms with Crippen LogP contribution >= 0.6 is 24.0 Å². The summed E-state index contributed by atoms with van der Waals surface area (Å²) in [5.74, 6) is -0.600. The van der Waals surface area contributed by atoms with E-state index in [1.807, 2.05) is 0 Å². The molecule has 0 fully saturated rings. The Bertz CT molecular complexity index is 436. The Kier molecular flexibility index (Phi) is 2.74. The molecule has 0 aliphatic heterocycles. The number of hydrogen-bond acceptors (Lipinski definition) is 2. The van der Waals surface area contributed by atoms with E-state index >= 15 is 0 Å². The average molecular weight is 224 g/mol. The number of nitrogens with two attached hydrogens (primary N) is 1. The third kappa shape index (κ3) is 2.99. The van der Waals surface area contributed by atoms with Crippen LogP contribution in [-0.4, -0.2) is 11.8 Å². The van der Waals surface area contributed by atoms with E-state index < -0.39 is 36.0 Å². The van der Waals surface area contributed by atoms with Gasteiger partial charge in [-0.3, -0.25) is 4.79 Å². The Labute approximate surface area is 94.1 Å². The molecule has 13 heavy (non-hydrogen) atoms. The van der Waals surface area contributed by atoms with Crippen LogP contribution in [0.4, 0.5) is 0 Å². The average Bonchev–Trinajstić information content (AvgIpc) is 2.23. The van der Waals surface area contributed by atoms with Gasteiger partial charge in [-0.2, -0.15) is 0 Å². The minimum absolute atomic E-state index is 0. The molecule has 0 radical (unpaired) electrons. The second-order valence-electron chi connectivity index (χ2n) is 2.34. The fourth-order valence-electron chi connectivity index (χ4n) is 0.695. The molecule has 0 aromatic heterocycles. The molecule has 0 spiro atoms. The highest BCUT2D eigenvalue weighted by atomic mass is 35.5. The summed E-state index contributed by atoms with van der Waals surface area (Å²) in [5, 5.41) is -0.284. The van der Waals surface area contributed by atoms with Crippen molar-refractivity contribution in [2.24, 2.45) is 5.73 Å². The minimum atomic E-state index is -0.864. The van der Waals surface area contributed by atoms with E-state index in [4.69, 9.17) is 22.8 Å². The highest BCUT2D eigenvalue weighted by Gasteiger charge is 2.12. The first kappa shape index (κ1) is 6.82. The molecular formula is C9H11Cl2NO. The van der Waals surface area contributed by atoms with Crippen molar-refractivity contribution in [1.29, 1.82) is 0 Å². The summed E-state index contributed by atoms with van der Waals surface area (Å²) in [6, 6.07) is -2.69. The summed E-state index contributed by atoms with van der Waals surface area (Å²) in [6.07, 6.45) is 0. The van der Waals surface area contributed by atoms with E-state index in [2.05, 4.69) is 0 Å². The van der Waals surface area contributed by atoms with E-state index in [0.717, 1.165) is 0 Å². The van der Waals surface area contributed by atoms with Crippen LogP contribution in [0.3, 0.4) is 0 Å². The maximum absolute atomic E-state index is 11.6. The molecule has 1 atom stereocenters. The molecule has 0 aliphatic carbocycles. The first-order valence-corrected chi connectivity index (χ1v) is 3.72. The van der Waals surface area contributed by atoms with Gasteiger partial charge in [0.1, 0.15) is 0 Å². The van der Waals surface area contributed by atoms with Gasteiger partial charge in [0.05, 0.1) is 16.5 Å². The number of Topliss-reactive ketones (excluding diaryl/α,β-unsaturated/α-hetero) is 1. The first-order chi connectivity index (χ1) is 7.29. The fourth-order valence-corrected chi connectivity index (χ4v) is 0.882. The SMILES string of the molecule is Cl.[2H]c1c([2H])c([2H])c(C(=O)C(C)N)c(Cl)c1[2H]. The van der Waals surface area contributed by atoms with E-state index in [9.17, 15) is 4.79 Å². The molecule has 1 aromatic rings. The van der Waals surface area contributed by atoms with Gasteiger partial charge >= 0.3 is 0 Å². The van der Waals surface area contributed by atoms with Gasteiger partial charge in [-0.05, 0) is 19.0 Å². The van der Waals surface area contributed by atoms with Gasteiger partial charge in [0.25, 0.3) is 0 Å². The van der Waals surface area contributed by atoms with Crippen molar-refractivity contribution in [2.45, 2.75) is 13.0 Å². The maximum Gasteiger partial charge on any atom is 0.180 e. The lowest BCUT2D eigenvalue weighted by Crippen LogP contribution is -2.26. The molecule has 0 aliphatic rings. The van der Waals surface area contributed by atoms with Gasteiger partial charge in [-0.25, -0.2) is 0 Å². The molecule has 0 heterocycles. The zero-order chi connectivity index (χ0) is 12.6. The van der Waals surface area contributed by atoms with E-state index in [1.54, 1.807) is 0 Å². The molecule has 2 nitrogen and oxygen atoms in total. The molecule has 0 bridgehead atoms. The van der Waals surface area contributed by atoms with Gasteiger partial charge in [0.2, 0.25) is 0 Å². The molecule has 1 rings (SSSR count). The standard InChI is InChI=1S/C9H10ClNO.ClH/c1-6(11)9(12)7-4-2-3-5-8(7)10;/h2-6H,11H2,1H3;1H/i2D,3D,4D,5D;. The third-order valence-electron chi connectivity index (χ3n) is 1.30. The summed E-state index contributed by atoms with van der Waals surface area (Å²) in [5.41, 5.74) is 5.14.